The van der Waals surface area contributed by atoms with Gasteiger partial charge in [0.2, 0.25) is 5.91 Å². The van der Waals surface area contributed by atoms with Crippen molar-refractivity contribution in [3.63, 3.8) is 0 Å². The molecule has 2 fully saturated rings. The van der Waals surface area contributed by atoms with Crippen molar-refractivity contribution in [1.29, 1.82) is 0 Å². The molecule has 0 saturated carbocycles. The zero-order valence-corrected chi connectivity index (χ0v) is 15.1. The summed E-state index contributed by atoms with van der Waals surface area (Å²) in [7, 11) is 0. The van der Waals surface area contributed by atoms with E-state index in [0.717, 1.165) is 65.1 Å². The summed E-state index contributed by atoms with van der Waals surface area (Å²) < 4.78 is 0. The van der Waals surface area contributed by atoms with Crippen LogP contribution in [0.25, 0.3) is 0 Å². The monoisotopic (exact) mass is 345 g/mol. The Hall–Kier alpha value is -1.43. The molecule has 1 aromatic carbocycles. The molecule has 25 heavy (non-hydrogen) atoms. The van der Waals surface area contributed by atoms with Gasteiger partial charge in [0, 0.05) is 45.8 Å². The van der Waals surface area contributed by atoms with Gasteiger partial charge >= 0.3 is 0 Å². The second kappa shape index (κ2) is 9.32. The lowest BCUT2D eigenvalue weighted by atomic mass is 9.90. The number of hydrogen-bond donors (Lipinski definition) is 1. The van der Waals surface area contributed by atoms with E-state index in [0.29, 0.717) is 12.5 Å². The minimum Gasteiger partial charge on any atom is -0.395 e. The highest BCUT2D eigenvalue weighted by Gasteiger charge is 2.25. The lowest BCUT2D eigenvalue weighted by Crippen LogP contribution is -2.51. The number of nitrogens with zero attached hydrogens (tertiary/aromatic N) is 3. The summed E-state index contributed by atoms with van der Waals surface area (Å²) in [6.45, 7) is 7.08. The number of piperidine rings is 1. The second-order valence-corrected chi connectivity index (χ2v) is 7.36. The van der Waals surface area contributed by atoms with Crippen LogP contribution in [0.1, 0.15) is 18.4 Å². The summed E-state index contributed by atoms with van der Waals surface area (Å²) in [6.07, 6.45) is 3.37. The van der Waals surface area contributed by atoms with Crippen LogP contribution in [0, 0.1) is 5.92 Å². The van der Waals surface area contributed by atoms with E-state index in [4.69, 9.17) is 5.11 Å². The standard InChI is InChI=1S/C20H31N3O2/c24-15-14-21-10-12-22(13-11-21)17-20(25)23-8-6-19(7-9-23)16-18-4-2-1-3-5-18/h1-5,19,24H,6-17H2. The maximum Gasteiger partial charge on any atom is 0.236 e. The summed E-state index contributed by atoms with van der Waals surface area (Å²) in [5.41, 5.74) is 1.41. The fourth-order valence-corrected chi connectivity index (χ4v) is 3.94. The molecule has 2 heterocycles. The Morgan fingerprint density at radius 1 is 0.960 bits per heavy atom. The molecule has 0 radical (unpaired) electrons. The van der Waals surface area contributed by atoms with Gasteiger partial charge in [-0.05, 0) is 30.7 Å². The minimum atomic E-state index is 0.219. The van der Waals surface area contributed by atoms with Crippen molar-refractivity contribution in [3.05, 3.63) is 35.9 Å². The molecule has 0 aromatic heterocycles. The van der Waals surface area contributed by atoms with Gasteiger partial charge in [-0.1, -0.05) is 30.3 Å². The largest absolute Gasteiger partial charge is 0.395 e. The molecule has 1 N–H and O–H groups in total. The SMILES string of the molecule is O=C(CN1CCN(CCO)CC1)N1CCC(Cc2ccccc2)CC1. The third-order valence-corrected chi connectivity index (χ3v) is 5.57. The topological polar surface area (TPSA) is 47.0 Å². The molecule has 0 unspecified atom stereocenters. The molecule has 3 rings (SSSR count). The number of amides is 1. The van der Waals surface area contributed by atoms with Crippen molar-refractivity contribution in [1.82, 2.24) is 14.7 Å². The van der Waals surface area contributed by atoms with Gasteiger partial charge in [-0.15, -0.1) is 0 Å². The van der Waals surface area contributed by atoms with Gasteiger partial charge in [0.25, 0.3) is 0 Å². The first kappa shape index (κ1) is 18.4. The molecule has 5 heteroatoms. The first-order valence-electron chi connectivity index (χ1n) is 9.62. The molecule has 2 aliphatic heterocycles. The second-order valence-electron chi connectivity index (χ2n) is 7.36. The highest BCUT2D eigenvalue weighted by atomic mass is 16.3. The Morgan fingerprint density at radius 3 is 2.24 bits per heavy atom. The Balaban J connectivity index is 1.37. The molecule has 1 amide bonds. The fourth-order valence-electron chi connectivity index (χ4n) is 3.94. The Labute approximate surface area is 151 Å². The lowest BCUT2D eigenvalue weighted by Gasteiger charge is -2.37. The van der Waals surface area contributed by atoms with Gasteiger partial charge in [-0.2, -0.15) is 0 Å². The van der Waals surface area contributed by atoms with E-state index < -0.39 is 0 Å². The molecule has 0 spiro atoms. The highest BCUT2D eigenvalue weighted by Crippen LogP contribution is 2.21. The number of carbonyl (C=O) groups excluding carboxylic acids is 1. The molecule has 138 valence electrons. The van der Waals surface area contributed by atoms with Crippen molar-refractivity contribution in [2.75, 3.05) is 59.0 Å². The number of aliphatic hydroxyl groups is 1. The molecule has 0 bridgehead atoms. The summed E-state index contributed by atoms with van der Waals surface area (Å²) in [5, 5.41) is 9.00. The van der Waals surface area contributed by atoms with Crippen LogP contribution in [0.5, 0.6) is 0 Å². The highest BCUT2D eigenvalue weighted by molar-refractivity contribution is 5.78. The van der Waals surface area contributed by atoms with Crippen LogP contribution in [0.4, 0.5) is 0 Å². The van der Waals surface area contributed by atoms with Gasteiger partial charge < -0.3 is 10.0 Å². The molecular weight excluding hydrogens is 314 g/mol. The van der Waals surface area contributed by atoms with Crippen LogP contribution >= 0.6 is 0 Å². The van der Waals surface area contributed by atoms with Crippen molar-refractivity contribution in [3.8, 4) is 0 Å². The Morgan fingerprint density at radius 2 is 1.60 bits per heavy atom. The third-order valence-electron chi connectivity index (χ3n) is 5.57. The maximum absolute atomic E-state index is 12.6. The summed E-state index contributed by atoms with van der Waals surface area (Å²) in [4.78, 5) is 19.1. The quantitative estimate of drug-likeness (QED) is 0.838. The molecule has 0 atom stereocenters. The molecule has 0 aliphatic carbocycles. The van der Waals surface area contributed by atoms with Gasteiger partial charge in [0.1, 0.15) is 0 Å². The number of carbonyl (C=O) groups is 1. The first-order chi connectivity index (χ1) is 12.2. The van der Waals surface area contributed by atoms with E-state index in [1.807, 2.05) is 0 Å². The van der Waals surface area contributed by atoms with E-state index in [1.165, 1.54) is 5.56 Å². The first-order valence-corrected chi connectivity index (χ1v) is 9.62. The summed E-state index contributed by atoms with van der Waals surface area (Å²) >= 11 is 0. The van der Waals surface area contributed by atoms with E-state index in [2.05, 4.69) is 45.0 Å². The van der Waals surface area contributed by atoms with Crippen molar-refractivity contribution >= 4 is 5.91 Å². The number of likely N-dealkylation sites (tertiary alicyclic amines) is 1. The van der Waals surface area contributed by atoms with Crippen LogP contribution in [-0.4, -0.2) is 84.7 Å². The van der Waals surface area contributed by atoms with Crippen molar-refractivity contribution in [2.45, 2.75) is 19.3 Å². The maximum atomic E-state index is 12.6. The van der Waals surface area contributed by atoms with Crippen LogP contribution in [0.15, 0.2) is 30.3 Å². The summed E-state index contributed by atoms with van der Waals surface area (Å²) in [6, 6.07) is 10.7. The number of β-amino-alcohol motifs (C(OH)–C–C–N with tert-alkyl or cyclic N) is 1. The number of benzene rings is 1. The van der Waals surface area contributed by atoms with Gasteiger partial charge in [0.15, 0.2) is 0 Å². The molecule has 5 nitrogen and oxygen atoms in total. The predicted octanol–water partition coefficient (Wildman–Crippen LogP) is 1.08. The molecule has 1 aromatic rings. The lowest BCUT2D eigenvalue weighted by molar-refractivity contribution is -0.134. The van der Waals surface area contributed by atoms with Crippen LogP contribution in [-0.2, 0) is 11.2 Å². The van der Waals surface area contributed by atoms with Crippen LogP contribution in [0.3, 0.4) is 0 Å². The van der Waals surface area contributed by atoms with E-state index in [9.17, 15) is 4.79 Å². The van der Waals surface area contributed by atoms with Gasteiger partial charge in [-0.25, -0.2) is 0 Å². The number of hydrogen-bond acceptors (Lipinski definition) is 4. The number of aliphatic hydroxyl groups excluding tert-OH is 1. The zero-order valence-electron chi connectivity index (χ0n) is 15.1. The van der Waals surface area contributed by atoms with Crippen LogP contribution < -0.4 is 0 Å². The molecular formula is C20H31N3O2. The third kappa shape index (κ3) is 5.53. The van der Waals surface area contributed by atoms with E-state index >= 15 is 0 Å². The average molecular weight is 345 g/mol. The molecule has 2 saturated heterocycles. The number of rotatable bonds is 6. The Kier molecular flexibility index (Phi) is 6.84. The van der Waals surface area contributed by atoms with E-state index in [1.54, 1.807) is 0 Å². The molecule has 2 aliphatic rings. The fraction of sp³-hybridized carbons (Fsp3) is 0.650. The van der Waals surface area contributed by atoms with Crippen LogP contribution in [0.2, 0.25) is 0 Å². The normalized spacial score (nSPS) is 20.8. The van der Waals surface area contributed by atoms with E-state index in [-0.39, 0.29) is 12.5 Å². The minimum absolute atomic E-state index is 0.219. The zero-order chi connectivity index (χ0) is 17.5. The van der Waals surface area contributed by atoms with Crippen molar-refractivity contribution < 1.29 is 9.90 Å². The predicted molar refractivity (Wildman–Crippen MR) is 99.4 cm³/mol. The number of piperazine rings is 1. The smallest absolute Gasteiger partial charge is 0.236 e. The average Bonchev–Trinajstić information content (AvgIpc) is 2.65. The van der Waals surface area contributed by atoms with Crippen molar-refractivity contribution in [2.24, 2.45) is 5.92 Å². The Bertz CT molecular complexity index is 521. The van der Waals surface area contributed by atoms with Gasteiger partial charge in [-0.3, -0.25) is 14.6 Å². The van der Waals surface area contributed by atoms with Gasteiger partial charge in [0.05, 0.1) is 13.2 Å². The summed E-state index contributed by atoms with van der Waals surface area (Å²) in [5.74, 6) is 0.988.